The fraction of sp³-hybridized carbons (Fsp3) is 0.432. The number of aliphatic hydroxyl groups excluding tert-OH is 1. The number of para-hydroxylation sites is 1. The van der Waals surface area contributed by atoms with Crippen LogP contribution in [0.5, 0.6) is 23.0 Å². The van der Waals surface area contributed by atoms with Crippen LogP contribution in [0.4, 0.5) is 27.5 Å². The molecule has 5 heterocycles. The zero-order chi connectivity index (χ0) is 69.7. The quantitative estimate of drug-likeness (QED) is 0.0303. The number of nitrogens with zero attached hydrogens (tertiary/aromatic N) is 5. The fourth-order valence-electron chi connectivity index (χ4n) is 13.7. The number of nitrogens with one attached hydrogen (secondary N) is 5. The number of ether oxygens (including phenoxy) is 5. The SMILES string of the molecule is COc1cc2c(cc1OCCCCCOc1cc3c(cc1OC)C(=O)N1CC4(CC4)C[C@H]1[C@H](O)N3C(=O)OCc1ccc(NC(=O)[C@H](C)NC(=O)[C@@H](NC(=O)CNC(=O)CNC(=O)CCC(=O)N3Cc4ccccc4/C=C\c4ccccc43)C(C)C)cc1)N=C[C@@H]1CC3(CC3)CN1C2=O. The molecule has 5 aliphatic heterocycles. The number of hydrogen-bond acceptors (Lipinski definition) is 16. The molecule has 6 N–H and O–H groups in total. The first-order chi connectivity index (χ1) is 47.7. The van der Waals surface area contributed by atoms with E-state index in [0.29, 0.717) is 79.4 Å². The summed E-state index contributed by atoms with van der Waals surface area (Å²) in [7, 11) is 3.01. The molecule has 0 radical (unpaired) electrons. The Balaban J connectivity index is 0.590. The van der Waals surface area contributed by atoms with Gasteiger partial charge in [0.1, 0.15) is 18.7 Å². The van der Waals surface area contributed by atoms with Crippen LogP contribution in [0.3, 0.4) is 0 Å². The van der Waals surface area contributed by atoms with Gasteiger partial charge in [0.05, 0.1) is 87.3 Å². The summed E-state index contributed by atoms with van der Waals surface area (Å²) in [6.07, 6.45) is 10.7. The van der Waals surface area contributed by atoms with Crippen molar-refractivity contribution in [3.05, 3.63) is 130 Å². The predicted octanol–water partition coefficient (Wildman–Crippen LogP) is 7.83. The van der Waals surface area contributed by atoms with Crippen molar-refractivity contribution in [3.63, 3.8) is 0 Å². The van der Waals surface area contributed by atoms with Crippen LogP contribution in [0.15, 0.2) is 102 Å². The first-order valence-electron chi connectivity index (χ1n) is 33.9. The van der Waals surface area contributed by atoms with Crippen LogP contribution in [-0.2, 0) is 46.7 Å². The lowest BCUT2D eigenvalue weighted by atomic mass is 10.0. The smallest absolute Gasteiger partial charge is 0.416 e. The molecule has 0 bridgehead atoms. The molecule has 99 heavy (non-hydrogen) atoms. The summed E-state index contributed by atoms with van der Waals surface area (Å²) in [5.41, 5.74) is 5.79. The van der Waals surface area contributed by atoms with Gasteiger partial charge in [0.15, 0.2) is 29.2 Å². The van der Waals surface area contributed by atoms with E-state index in [1.165, 1.54) is 26.2 Å². The van der Waals surface area contributed by atoms with Crippen molar-refractivity contribution in [3.8, 4) is 23.0 Å². The first-order valence-corrected chi connectivity index (χ1v) is 33.9. The molecule has 2 spiro atoms. The molecule has 5 aromatic rings. The summed E-state index contributed by atoms with van der Waals surface area (Å²) in [5, 5.41) is 25.1. The topological polar surface area (TPSA) is 305 Å². The third-order valence-electron chi connectivity index (χ3n) is 19.7. The van der Waals surface area contributed by atoms with E-state index in [4.69, 9.17) is 28.7 Å². The lowest BCUT2D eigenvalue weighted by molar-refractivity contribution is -0.132. The third-order valence-corrected chi connectivity index (χ3v) is 19.7. The second kappa shape index (κ2) is 29.4. The van der Waals surface area contributed by atoms with E-state index < -0.39 is 79.0 Å². The van der Waals surface area contributed by atoms with E-state index in [-0.39, 0.29) is 83.4 Å². The third kappa shape index (κ3) is 15.5. The Kier molecular flexibility index (Phi) is 20.4. The maximum atomic E-state index is 14.4. The largest absolute Gasteiger partial charge is 0.493 e. The van der Waals surface area contributed by atoms with Gasteiger partial charge in [0.25, 0.3) is 11.8 Å². The number of amides is 9. The Morgan fingerprint density at radius 2 is 1.27 bits per heavy atom. The minimum Gasteiger partial charge on any atom is -0.493 e. The molecule has 25 heteroatoms. The van der Waals surface area contributed by atoms with Crippen molar-refractivity contribution >= 4 is 94.5 Å². The molecule has 9 amide bonds. The summed E-state index contributed by atoms with van der Waals surface area (Å²) in [4.78, 5) is 133. The van der Waals surface area contributed by atoms with Gasteiger partial charge in [-0.15, -0.1) is 0 Å². The molecule has 5 aromatic carbocycles. The van der Waals surface area contributed by atoms with Crippen molar-refractivity contribution < 1.29 is 71.9 Å². The van der Waals surface area contributed by atoms with Crippen molar-refractivity contribution in [2.45, 2.75) is 135 Å². The average molecular weight is 1350 g/mol. The number of carbonyl (C=O) groups is 9. The number of methoxy groups -OCH3 is 2. The standard InChI is InChI=1S/C74H84N10O15/c1-44(2)66(80-64(87)39-77-63(86)38-76-62(85)23-24-65(88)81-40-49-15-8-7-13-47(49)19-20-48-14-9-10-16-55(48)81)68(90)78-45(3)67(89)79-50-21-17-46(18-22-50)41-99-72(94)84-56-34-61(59(96-5)32-53(56)70(92)83-43-74(27-28-74)36-57(83)71(84)93)98-30-12-6-11-29-97-60-33-54-52(31-58(60)95-4)69(91)82-42-73(25-26-73)35-51(82)37-75-54/h7-10,13-22,31-34,37,44-45,51,57,66,71,93H,6,11-12,23-30,35-36,38-43H2,1-5H3,(H,76,85)(H,77,86)(H,78,90)(H,79,89)(H,80,87)/b20-19-/t45-,51-,57-,66-,71-/m0/s1. The van der Waals surface area contributed by atoms with Crippen LogP contribution in [0.25, 0.3) is 12.2 Å². The van der Waals surface area contributed by atoms with Crippen molar-refractivity contribution in [2.24, 2.45) is 21.7 Å². The normalized spacial score (nSPS) is 19.4. The summed E-state index contributed by atoms with van der Waals surface area (Å²) in [5.74, 6) is -2.76. The lowest BCUT2D eigenvalue weighted by Crippen LogP contribution is -2.55. The van der Waals surface area contributed by atoms with Gasteiger partial charge in [-0.1, -0.05) is 80.6 Å². The van der Waals surface area contributed by atoms with Crippen LogP contribution in [0.1, 0.15) is 134 Å². The second-order valence-electron chi connectivity index (χ2n) is 27.2. The highest BCUT2D eigenvalue weighted by Crippen LogP contribution is 2.58. The second-order valence-corrected chi connectivity index (χ2v) is 27.2. The van der Waals surface area contributed by atoms with Gasteiger partial charge < -0.3 is 70.1 Å². The van der Waals surface area contributed by atoms with E-state index in [1.807, 2.05) is 71.8 Å². The van der Waals surface area contributed by atoms with Gasteiger partial charge in [-0.25, -0.2) is 9.69 Å². The molecule has 0 aromatic heterocycles. The maximum Gasteiger partial charge on any atom is 0.416 e. The summed E-state index contributed by atoms with van der Waals surface area (Å²) in [6, 6.07) is 25.3. The highest BCUT2D eigenvalue weighted by molar-refractivity contribution is 6.07. The molecule has 4 fully saturated rings. The van der Waals surface area contributed by atoms with Crippen LogP contribution in [0.2, 0.25) is 0 Å². The molecular weight excluding hydrogens is 1270 g/mol. The number of aliphatic imine (C=N–C) groups is 1. The van der Waals surface area contributed by atoms with Gasteiger partial charge in [0.2, 0.25) is 35.4 Å². The lowest BCUT2D eigenvalue weighted by Gasteiger charge is -2.31. The summed E-state index contributed by atoms with van der Waals surface area (Å²) >= 11 is 0. The van der Waals surface area contributed by atoms with Gasteiger partial charge in [0, 0.05) is 50.0 Å². The molecule has 7 aliphatic rings. The van der Waals surface area contributed by atoms with Crippen LogP contribution in [0, 0.1) is 16.7 Å². The zero-order valence-corrected chi connectivity index (χ0v) is 56.3. The minimum atomic E-state index is -1.47. The van der Waals surface area contributed by atoms with Gasteiger partial charge in [-0.3, -0.25) is 43.3 Å². The zero-order valence-electron chi connectivity index (χ0n) is 56.3. The Morgan fingerprint density at radius 3 is 1.98 bits per heavy atom. The minimum absolute atomic E-state index is 0.0150. The number of benzene rings is 5. The molecular formula is C74H84N10O15. The van der Waals surface area contributed by atoms with Crippen molar-refractivity contribution in [2.75, 3.05) is 68.7 Å². The Morgan fingerprint density at radius 1 is 0.646 bits per heavy atom. The molecule has 0 unspecified atom stereocenters. The Labute approximate surface area is 573 Å². The number of hydrogen-bond donors (Lipinski definition) is 6. The molecule has 2 saturated heterocycles. The monoisotopic (exact) mass is 1350 g/mol. The van der Waals surface area contributed by atoms with Crippen LogP contribution < -0.4 is 55.3 Å². The number of carbonyl (C=O) groups excluding carboxylic acids is 9. The predicted molar refractivity (Wildman–Crippen MR) is 368 cm³/mol. The van der Waals surface area contributed by atoms with E-state index in [0.717, 1.165) is 65.9 Å². The van der Waals surface area contributed by atoms with E-state index in [9.17, 15) is 48.3 Å². The van der Waals surface area contributed by atoms with Gasteiger partial charge in [-0.2, -0.15) is 0 Å². The number of fused-ring (bicyclic) bond motifs is 6. The highest BCUT2D eigenvalue weighted by Gasteiger charge is 2.58. The molecule has 2 aliphatic carbocycles. The van der Waals surface area contributed by atoms with Gasteiger partial charge in [-0.05, 0) is 134 Å². The van der Waals surface area contributed by atoms with Crippen LogP contribution in [-0.4, -0.2) is 158 Å². The fourth-order valence-corrected chi connectivity index (χ4v) is 13.7. The van der Waals surface area contributed by atoms with E-state index in [2.05, 4.69) is 26.6 Å². The maximum absolute atomic E-state index is 14.4. The average Bonchev–Trinajstić information content (AvgIpc) is 1.58. The molecule has 520 valence electrons. The molecule has 25 nitrogen and oxygen atoms in total. The van der Waals surface area contributed by atoms with Crippen LogP contribution >= 0.6 is 0 Å². The number of aliphatic hydroxyl groups is 1. The summed E-state index contributed by atoms with van der Waals surface area (Å²) < 4.78 is 29.8. The van der Waals surface area contributed by atoms with E-state index in [1.54, 1.807) is 67.2 Å². The summed E-state index contributed by atoms with van der Waals surface area (Å²) in [6.45, 7) is 5.75. The van der Waals surface area contributed by atoms with E-state index >= 15 is 0 Å². The Bertz CT molecular complexity index is 4030. The van der Waals surface area contributed by atoms with Crippen molar-refractivity contribution in [1.29, 1.82) is 0 Å². The molecule has 5 atom stereocenters. The number of rotatable bonds is 25. The number of anilines is 3. The first kappa shape index (κ1) is 68.6. The van der Waals surface area contributed by atoms with Crippen molar-refractivity contribution in [1.82, 2.24) is 31.1 Å². The number of unbranched alkanes of at least 4 members (excludes halogenated alkanes) is 2. The van der Waals surface area contributed by atoms with Gasteiger partial charge >= 0.3 is 6.09 Å². The molecule has 2 saturated carbocycles. The molecule has 12 rings (SSSR count). The highest BCUT2D eigenvalue weighted by atomic mass is 16.6. The Hall–Kier alpha value is -10.3.